The van der Waals surface area contributed by atoms with Crippen molar-refractivity contribution in [2.45, 2.75) is 39.1 Å². The van der Waals surface area contributed by atoms with Crippen molar-refractivity contribution >= 4 is 10.1 Å². The lowest BCUT2D eigenvalue weighted by molar-refractivity contribution is -0.0521. The number of halogens is 3. The Morgan fingerprint density at radius 2 is 1.94 bits per heavy atom. The Balaban J connectivity index is 3.12. The molecule has 3 nitrogen and oxygen atoms in total. The number of hydrogen-bond donors (Lipinski definition) is 0. The van der Waals surface area contributed by atoms with Gasteiger partial charge in [-0.2, -0.15) is 21.6 Å². The van der Waals surface area contributed by atoms with Crippen LogP contribution in [-0.2, 0) is 14.3 Å². The second-order valence-corrected chi connectivity index (χ2v) is 6.05. The Morgan fingerprint density at radius 1 is 1.39 bits per heavy atom. The summed E-state index contributed by atoms with van der Waals surface area (Å²) >= 11 is 0. The second kappa shape index (κ2) is 4.95. The molecule has 0 unspecified atom stereocenters. The predicted octanol–water partition coefficient (Wildman–Crippen LogP) is 3.50. The molecule has 7 heteroatoms. The molecule has 0 aromatic rings. The Labute approximate surface area is 104 Å². The van der Waals surface area contributed by atoms with Gasteiger partial charge in [0.05, 0.1) is 0 Å². The molecule has 0 radical (unpaired) electrons. The molecule has 0 heterocycles. The van der Waals surface area contributed by atoms with Gasteiger partial charge in [0.2, 0.25) is 0 Å². The minimum absolute atomic E-state index is 0.00784. The van der Waals surface area contributed by atoms with E-state index in [1.807, 2.05) is 0 Å². The van der Waals surface area contributed by atoms with E-state index in [0.717, 1.165) is 12.0 Å². The average Bonchev–Trinajstić information content (AvgIpc) is 2.14. The molecular weight excluding hydrogens is 269 g/mol. The Kier molecular flexibility index (Phi) is 4.15. The van der Waals surface area contributed by atoms with Crippen molar-refractivity contribution < 1.29 is 25.8 Å². The molecule has 0 bridgehead atoms. The molecule has 1 rings (SSSR count). The molecule has 0 aromatic carbocycles. The fourth-order valence-electron chi connectivity index (χ4n) is 1.68. The fourth-order valence-corrected chi connectivity index (χ4v) is 2.16. The number of rotatable bonds is 2. The molecule has 0 saturated carbocycles. The minimum atomic E-state index is -5.59. The maximum absolute atomic E-state index is 12.3. The van der Waals surface area contributed by atoms with Gasteiger partial charge in [-0.15, -0.1) is 0 Å². The maximum atomic E-state index is 12.3. The van der Waals surface area contributed by atoms with Crippen LogP contribution >= 0.6 is 0 Å². The summed E-state index contributed by atoms with van der Waals surface area (Å²) in [6, 6.07) is 0. The quantitative estimate of drug-likeness (QED) is 0.575. The Hall–Kier alpha value is -0.980. The molecule has 1 aliphatic carbocycles. The van der Waals surface area contributed by atoms with Gasteiger partial charge < -0.3 is 4.18 Å². The van der Waals surface area contributed by atoms with Gasteiger partial charge in [-0.05, 0) is 44.3 Å². The third kappa shape index (κ3) is 3.28. The number of alkyl halides is 3. The molecular formula is C11H15F3O3S. The summed E-state index contributed by atoms with van der Waals surface area (Å²) in [6.07, 6.45) is 2.71. The van der Waals surface area contributed by atoms with Gasteiger partial charge in [-0.25, -0.2) is 0 Å². The first-order chi connectivity index (χ1) is 8.04. The van der Waals surface area contributed by atoms with Gasteiger partial charge >= 0.3 is 15.6 Å². The average molecular weight is 284 g/mol. The molecule has 1 aliphatic rings. The van der Waals surface area contributed by atoms with E-state index < -0.39 is 15.6 Å². The third-order valence-corrected chi connectivity index (χ3v) is 3.64. The standard InChI is InChI=1S/C11H15F3O3S/c1-7(2)9-5-4-8(3)6-10(9)17-18(15,16)11(12,13)14/h6,8H,4-5H2,1-3H3/t8-/m1/s1. The van der Waals surface area contributed by atoms with Crippen molar-refractivity contribution in [2.24, 2.45) is 5.92 Å². The van der Waals surface area contributed by atoms with Crippen LogP contribution in [0.15, 0.2) is 23.0 Å². The monoisotopic (exact) mass is 284 g/mol. The van der Waals surface area contributed by atoms with Crippen molar-refractivity contribution in [3.63, 3.8) is 0 Å². The van der Waals surface area contributed by atoms with E-state index >= 15 is 0 Å². The van der Waals surface area contributed by atoms with Gasteiger partial charge in [-0.1, -0.05) is 12.5 Å². The summed E-state index contributed by atoms with van der Waals surface area (Å²) in [7, 11) is -5.59. The molecule has 0 amide bonds. The van der Waals surface area contributed by atoms with E-state index in [4.69, 9.17) is 0 Å². The van der Waals surface area contributed by atoms with Crippen LogP contribution in [-0.4, -0.2) is 13.9 Å². The highest BCUT2D eigenvalue weighted by Gasteiger charge is 2.49. The van der Waals surface area contributed by atoms with Crippen LogP contribution in [0.1, 0.15) is 33.6 Å². The van der Waals surface area contributed by atoms with Crippen molar-refractivity contribution in [3.05, 3.63) is 23.0 Å². The molecule has 0 N–H and O–H groups in total. The van der Waals surface area contributed by atoms with Gasteiger partial charge in [0.1, 0.15) is 5.76 Å². The van der Waals surface area contributed by atoms with Crippen molar-refractivity contribution in [1.82, 2.24) is 0 Å². The largest absolute Gasteiger partial charge is 0.534 e. The summed E-state index contributed by atoms with van der Waals surface area (Å²) in [4.78, 5) is 0. The molecule has 0 aromatic heterocycles. The van der Waals surface area contributed by atoms with Gasteiger partial charge in [0.15, 0.2) is 0 Å². The molecule has 0 fully saturated rings. The highest BCUT2D eigenvalue weighted by molar-refractivity contribution is 7.87. The van der Waals surface area contributed by atoms with Crippen LogP contribution in [0.25, 0.3) is 0 Å². The van der Waals surface area contributed by atoms with Crippen LogP contribution in [0.5, 0.6) is 0 Å². The lowest BCUT2D eigenvalue weighted by atomic mass is 9.90. The summed E-state index contributed by atoms with van der Waals surface area (Å²) < 4.78 is 63.0. The van der Waals surface area contributed by atoms with E-state index in [1.165, 1.54) is 6.08 Å². The SMILES string of the molecule is CC(C)=C1CC[C@@H](C)C=C1OS(=O)(=O)C(F)(F)F. The van der Waals surface area contributed by atoms with E-state index in [-0.39, 0.29) is 11.7 Å². The maximum Gasteiger partial charge on any atom is 0.534 e. The van der Waals surface area contributed by atoms with Gasteiger partial charge in [0.25, 0.3) is 0 Å². The first-order valence-corrected chi connectivity index (χ1v) is 6.84. The molecule has 0 spiro atoms. The predicted molar refractivity (Wildman–Crippen MR) is 60.9 cm³/mol. The summed E-state index contributed by atoms with van der Waals surface area (Å²) in [5.41, 5.74) is -4.12. The van der Waals surface area contributed by atoms with Gasteiger partial charge in [0, 0.05) is 0 Å². The summed E-state index contributed by atoms with van der Waals surface area (Å²) in [5.74, 6) is -0.197. The van der Waals surface area contributed by atoms with Crippen molar-refractivity contribution in [3.8, 4) is 0 Å². The van der Waals surface area contributed by atoms with Crippen LogP contribution < -0.4 is 0 Å². The zero-order valence-electron chi connectivity index (χ0n) is 10.3. The molecule has 0 aliphatic heterocycles. The molecule has 18 heavy (non-hydrogen) atoms. The number of allylic oxidation sites excluding steroid dienone is 3. The first-order valence-electron chi connectivity index (χ1n) is 5.44. The van der Waals surface area contributed by atoms with Crippen LogP contribution in [0.3, 0.4) is 0 Å². The lowest BCUT2D eigenvalue weighted by Gasteiger charge is -2.22. The van der Waals surface area contributed by atoms with Crippen LogP contribution in [0, 0.1) is 5.92 Å². The van der Waals surface area contributed by atoms with Crippen LogP contribution in [0.4, 0.5) is 13.2 Å². The summed E-state index contributed by atoms with van der Waals surface area (Å²) in [6.45, 7) is 5.22. The second-order valence-electron chi connectivity index (χ2n) is 4.51. The zero-order valence-corrected chi connectivity index (χ0v) is 11.2. The minimum Gasteiger partial charge on any atom is -0.376 e. The van der Waals surface area contributed by atoms with E-state index in [9.17, 15) is 21.6 Å². The first kappa shape index (κ1) is 15.1. The van der Waals surface area contributed by atoms with E-state index in [1.54, 1.807) is 20.8 Å². The Morgan fingerprint density at radius 3 is 2.39 bits per heavy atom. The van der Waals surface area contributed by atoms with E-state index in [2.05, 4.69) is 4.18 Å². The van der Waals surface area contributed by atoms with E-state index in [0.29, 0.717) is 12.0 Å². The zero-order chi connectivity index (χ0) is 14.1. The molecule has 0 saturated heterocycles. The highest BCUT2D eigenvalue weighted by Crippen LogP contribution is 2.35. The lowest BCUT2D eigenvalue weighted by Crippen LogP contribution is -2.26. The molecule has 104 valence electrons. The van der Waals surface area contributed by atoms with Gasteiger partial charge in [-0.3, -0.25) is 0 Å². The smallest absolute Gasteiger partial charge is 0.376 e. The Bertz CT molecular complexity index is 482. The van der Waals surface area contributed by atoms with Crippen molar-refractivity contribution in [1.29, 1.82) is 0 Å². The van der Waals surface area contributed by atoms with Crippen LogP contribution in [0.2, 0.25) is 0 Å². The summed E-state index contributed by atoms with van der Waals surface area (Å²) in [5, 5.41) is 0. The molecule has 1 atom stereocenters. The number of hydrogen-bond acceptors (Lipinski definition) is 3. The van der Waals surface area contributed by atoms with Crippen molar-refractivity contribution in [2.75, 3.05) is 0 Å². The fraction of sp³-hybridized carbons (Fsp3) is 0.636. The topological polar surface area (TPSA) is 43.4 Å². The highest BCUT2D eigenvalue weighted by atomic mass is 32.2. The third-order valence-electron chi connectivity index (χ3n) is 2.67. The normalized spacial score (nSPS) is 21.6.